The standard InChI is InChI=1S/C20H17N9O.2C17H20N8S.C17H19N7S.C15H17N7/c1-27-10-13(8-24-27)17-9-23-20-19(26-16(18(21)30)11-29(17)20)25-14-2-4-15(5-3-14)28-7-6-22-12-28;1-10-5-15(26-23-10)22-16-17-19-7-14(12-6-20-24(4)8-12)25(17)9-13(21-16)11(2)18-3;1-11-6-15(26-23-11)22-16-17-19-8-14(12-7-20-24(3)9-12)25(17)10-13(21-16)4-5-18-2;1-4-5-13-10-24-14(12-7-19-23(3)9-12)8-18-17(24)16(20-13)21-15-6-11(2)22-25-15;1-21-8-11(6-19-21)13-7-18-15-14(16)20-12(9-22(13)15)10-3-2-4-17-5-10/h2-12H,1H3,(H2,21,30)(H,25,26);5-9,11,18H,1-4H3,(H,21,22);6-10,18H,4-5H2,1-3H3,(H,21,22);6-10H,4-5H2,1-3H3,(H,20,21);3,6-9,17H,2,4-5H2,1H3,(H2,16,20). The van der Waals surface area contributed by atoms with E-state index in [0.29, 0.717) is 28.7 Å². The Morgan fingerprint density at radius 2 is 0.930 bits per heavy atom. The van der Waals surface area contributed by atoms with Crippen molar-refractivity contribution >= 4 is 124 Å². The summed E-state index contributed by atoms with van der Waals surface area (Å²) in [7, 11) is 13.3. The highest BCUT2D eigenvalue weighted by molar-refractivity contribution is 7.10. The second kappa shape index (κ2) is 37.8. The van der Waals surface area contributed by atoms with Gasteiger partial charge in [0, 0.05) is 174 Å². The highest BCUT2D eigenvalue weighted by Gasteiger charge is 2.23. The van der Waals surface area contributed by atoms with Gasteiger partial charge >= 0.3 is 0 Å². The van der Waals surface area contributed by atoms with Crippen LogP contribution in [0.15, 0.2) is 191 Å². The number of aryl methyl sites for hydroxylation is 9. The van der Waals surface area contributed by atoms with Crippen LogP contribution in [0.1, 0.15) is 83.1 Å². The molecule has 1 unspecified atom stereocenters. The predicted octanol–water partition coefficient (Wildman–Crippen LogP) is 12.2. The number of primary amides is 1. The second-order valence-corrected chi connectivity index (χ2v) is 33.0. The van der Waals surface area contributed by atoms with E-state index < -0.39 is 5.91 Å². The van der Waals surface area contributed by atoms with Crippen molar-refractivity contribution in [2.75, 3.05) is 60.7 Å². The number of amides is 1. The summed E-state index contributed by atoms with van der Waals surface area (Å²) in [6.45, 7) is 12.8. The fraction of sp³-hybridized carbons (Fsp3) is 0.233. The van der Waals surface area contributed by atoms with E-state index in [-0.39, 0.29) is 11.7 Å². The number of aromatic nitrogens is 30. The zero-order valence-electron chi connectivity index (χ0n) is 72.6. The van der Waals surface area contributed by atoms with Crippen molar-refractivity contribution in [2.24, 2.45) is 41.0 Å². The number of hydrogen-bond acceptors (Lipinski definition) is 31. The van der Waals surface area contributed by atoms with Gasteiger partial charge < -0.3 is 53.3 Å². The van der Waals surface area contributed by atoms with Gasteiger partial charge in [0.2, 0.25) is 0 Å². The number of nitrogens with two attached hydrogens (primary N) is 2. The van der Waals surface area contributed by atoms with Crippen LogP contribution in [0, 0.1) is 20.8 Å². The van der Waals surface area contributed by atoms with E-state index >= 15 is 0 Å². The van der Waals surface area contributed by atoms with E-state index in [2.05, 4.69) is 155 Å². The number of benzene rings is 1. The number of carbonyl (C=O) groups excluding carboxylic acids is 1. The molecule has 43 heteroatoms. The van der Waals surface area contributed by atoms with Crippen LogP contribution < -0.4 is 48.7 Å². The predicted molar refractivity (Wildman–Crippen MR) is 501 cm³/mol. The average molecular weight is 1790 g/mol. The fourth-order valence-electron chi connectivity index (χ4n) is 14.4. The monoisotopic (exact) mass is 1780 g/mol. The molecule has 21 rings (SSSR count). The first-order chi connectivity index (χ1) is 62.6. The first-order valence-corrected chi connectivity index (χ1v) is 43.5. The summed E-state index contributed by atoms with van der Waals surface area (Å²) in [5.41, 5.74) is 34.7. The molecule has 129 heavy (non-hydrogen) atoms. The van der Waals surface area contributed by atoms with Crippen molar-refractivity contribution in [3.05, 3.63) is 237 Å². The van der Waals surface area contributed by atoms with Crippen LogP contribution in [0.5, 0.6) is 0 Å². The Bertz CT molecular complexity index is 7350. The molecule has 0 bridgehead atoms. The molecule has 1 aliphatic heterocycles. The maximum Gasteiger partial charge on any atom is 0.268 e. The third-order valence-corrected chi connectivity index (χ3v) is 23.2. The Morgan fingerprint density at radius 3 is 1.32 bits per heavy atom. The molecule has 0 saturated heterocycles. The minimum absolute atomic E-state index is 0.104. The number of fused-ring (bicyclic) bond motifs is 5. The number of rotatable bonds is 23. The van der Waals surface area contributed by atoms with Crippen LogP contribution >= 0.6 is 34.6 Å². The number of nitrogens with one attached hydrogen (secondary N) is 7. The maximum atomic E-state index is 11.9. The van der Waals surface area contributed by atoms with Gasteiger partial charge in [-0.3, -0.25) is 50.2 Å². The van der Waals surface area contributed by atoms with E-state index in [0.717, 1.165) is 196 Å². The third kappa shape index (κ3) is 19.2. The van der Waals surface area contributed by atoms with Crippen molar-refractivity contribution in [3.63, 3.8) is 0 Å². The zero-order valence-corrected chi connectivity index (χ0v) is 75.1. The Balaban J connectivity index is 0.000000114. The molecular formula is C86H93N39OS3. The van der Waals surface area contributed by atoms with E-state index in [1.807, 2.05) is 227 Å². The molecule has 656 valence electrons. The molecule has 1 aliphatic rings. The average Bonchev–Trinajstić information content (AvgIpc) is 1.65. The number of hydrogen-bond donors (Lipinski definition) is 9. The first kappa shape index (κ1) is 85.7. The summed E-state index contributed by atoms with van der Waals surface area (Å²) < 4.78 is 33.7. The Hall–Kier alpha value is -15.4. The summed E-state index contributed by atoms with van der Waals surface area (Å²) in [6, 6.07) is 13.9. The molecule has 20 aromatic rings. The van der Waals surface area contributed by atoms with Crippen molar-refractivity contribution in [3.8, 4) is 62.0 Å². The maximum absolute atomic E-state index is 11.9. The van der Waals surface area contributed by atoms with Crippen LogP contribution in [0.3, 0.4) is 0 Å². The Kier molecular flexibility index (Phi) is 25.1. The summed E-state index contributed by atoms with van der Waals surface area (Å²) in [5.74, 6) is 2.45. The largest absolute Gasteiger partial charge is 0.381 e. The topological polar surface area (TPSA) is 450 Å². The van der Waals surface area contributed by atoms with Gasteiger partial charge in [-0.25, -0.2) is 54.8 Å². The van der Waals surface area contributed by atoms with Gasteiger partial charge in [-0.1, -0.05) is 19.4 Å². The van der Waals surface area contributed by atoms with Gasteiger partial charge in [-0.2, -0.15) is 38.6 Å². The number of nitrogens with zero attached hydrogens (tertiary/aromatic N) is 30. The molecule has 40 nitrogen and oxygen atoms in total. The van der Waals surface area contributed by atoms with Crippen LogP contribution in [-0.4, -0.2) is 183 Å². The van der Waals surface area contributed by atoms with E-state index in [1.54, 1.807) is 58.9 Å². The lowest BCUT2D eigenvalue weighted by Gasteiger charge is -2.14. The van der Waals surface area contributed by atoms with E-state index in [9.17, 15) is 4.79 Å². The van der Waals surface area contributed by atoms with E-state index in [1.165, 1.54) is 40.2 Å². The molecule has 0 spiro atoms. The summed E-state index contributed by atoms with van der Waals surface area (Å²) >= 11 is 4.26. The Labute approximate surface area is 750 Å². The lowest BCUT2D eigenvalue weighted by molar-refractivity contribution is 0.0995. The van der Waals surface area contributed by atoms with Crippen LogP contribution in [0.2, 0.25) is 0 Å². The van der Waals surface area contributed by atoms with Gasteiger partial charge in [-0.05, 0) is 144 Å². The third-order valence-electron chi connectivity index (χ3n) is 20.8. The highest BCUT2D eigenvalue weighted by atomic mass is 32.1. The first-order valence-electron chi connectivity index (χ1n) is 41.2. The Morgan fingerprint density at radius 1 is 0.504 bits per heavy atom. The van der Waals surface area contributed by atoms with Crippen molar-refractivity contribution < 1.29 is 4.79 Å². The minimum atomic E-state index is -0.624. The van der Waals surface area contributed by atoms with Gasteiger partial charge in [0.05, 0.1) is 137 Å². The molecule has 19 aromatic heterocycles. The summed E-state index contributed by atoms with van der Waals surface area (Å²) in [4.78, 5) is 61.8. The summed E-state index contributed by atoms with van der Waals surface area (Å²) in [5, 5.41) is 47.2. The number of carbonyl (C=O) groups is 1. The molecule has 1 amide bonds. The van der Waals surface area contributed by atoms with Gasteiger partial charge in [0.15, 0.2) is 57.3 Å². The number of nitrogen functional groups attached to an aromatic ring is 1. The van der Waals surface area contributed by atoms with Crippen molar-refractivity contribution in [1.29, 1.82) is 0 Å². The molecular weight excluding hydrogens is 1690 g/mol. The van der Waals surface area contributed by atoms with Crippen LogP contribution in [0.25, 0.3) is 95.8 Å². The smallest absolute Gasteiger partial charge is 0.268 e. The molecule has 20 heterocycles. The van der Waals surface area contributed by atoms with Crippen molar-refractivity contribution in [2.45, 2.75) is 66.3 Å². The summed E-state index contributed by atoms with van der Waals surface area (Å²) in [6.07, 6.45) is 49.0. The number of likely N-dealkylation sites (N-methyl/N-ethyl adjacent to an activating group) is 1. The normalized spacial score (nSPS) is 12.2. The molecule has 0 fully saturated rings. The highest BCUT2D eigenvalue weighted by Crippen LogP contribution is 2.35. The number of imidazole rings is 6. The molecule has 1 aromatic carbocycles. The van der Waals surface area contributed by atoms with E-state index in [4.69, 9.17) is 26.4 Å². The van der Waals surface area contributed by atoms with Crippen LogP contribution in [-0.2, 0) is 48.1 Å². The second-order valence-electron chi connectivity index (χ2n) is 30.5. The molecule has 0 radical (unpaired) electrons. The number of anilines is 9. The van der Waals surface area contributed by atoms with Gasteiger partial charge in [-0.15, -0.1) is 0 Å². The molecule has 11 N–H and O–H groups in total. The molecule has 0 aliphatic carbocycles. The molecule has 1 atom stereocenters. The SMILES string of the molecule is CCCc1cn2c(-c3cnn(C)c3)cnc2c(Nc2cc(C)ns2)n1.CNC(C)c1cn2c(-c3cnn(C)c3)cnc2c(Nc2cc(C)ns2)n1.CNCCc1cn2c(-c3cnn(C)c3)cnc2c(Nc2cc(C)ns2)n1.Cn1cc(-c2cnc3c(N)nc(C4=CCCNC4)cn23)cn1.Cn1cc(-c2cnc3c(Nc4ccc(-n5ccnc5)cc4)nc(C(N)=O)cn23)cn1. The fourth-order valence-corrected chi connectivity index (χ4v) is 16.3. The zero-order chi connectivity index (χ0) is 89.5. The quantitative estimate of drug-likeness (QED) is 0.0287. The lowest BCUT2D eigenvalue weighted by Crippen LogP contribution is -2.22. The van der Waals surface area contributed by atoms with Gasteiger partial charge in [0.25, 0.3) is 5.91 Å². The van der Waals surface area contributed by atoms with Crippen molar-refractivity contribution in [1.82, 2.24) is 159 Å². The molecule has 0 saturated carbocycles. The lowest BCUT2D eigenvalue weighted by atomic mass is 10.1. The minimum Gasteiger partial charge on any atom is -0.381 e. The van der Waals surface area contributed by atoms with Gasteiger partial charge in [0.1, 0.15) is 20.7 Å². The van der Waals surface area contributed by atoms with Crippen LogP contribution in [0.4, 0.5) is 49.8 Å².